The standard InChI is InChI=1S/C27H25F2N3O3S/c1-2-35-22-13-9-20(10-14-22)30-25(33)17-24-26(34)32(21-11-7-19(28)8-12-21)27(36)31(24)16-15-18-5-3-4-6-23(18)29/h3-14,24H,2,15-17H2,1H3,(H,30,33)/t24-/m1/s1. The summed E-state index contributed by atoms with van der Waals surface area (Å²) in [6.07, 6.45) is 0.121. The predicted molar refractivity (Wildman–Crippen MR) is 138 cm³/mol. The number of nitrogens with zero attached hydrogens (tertiary/aromatic N) is 2. The summed E-state index contributed by atoms with van der Waals surface area (Å²) in [7, 11) is 0. The maximum absolute atomic E-state index is 14.2. The number of benzene rings is 3. The quantitative estimate of drug-likeness (QED) is 0.414. The zero-order chi connectivity index (χ0) is 25.7. The summed E-state index contributed by atoms with van der Waals surface area (Å²) in [5, 5.41) is 2.98. The third-order valence-corrected chi connectivity index (χ3v) is 6.23. The van der Waals surface area contributed by atoms with Crippen LogP contribution in [0, 0.1) is 11.6 Å². The Labute approximate surface area is 213 Å². The van der Waals surface area contributed by atoms with Crippen molar-refractivity contribution in [1.82, 2.24) is 4.90 Å². The Morgan fingerprint density at radius 2 is 1.72 bits per heavy atom. The molecule has 1 atom stereocenters. The van der Waals surface area contributed by atoms with Crippen molar-refractivity contribution in [3.63, 3.8) is 0 Å². The van der Waals surface area contributed by atoms with Crippen molar-refractivity contribution in [1.29, 1.82) is 0 Å². The van der Waals surface area contributed by atoms with Gasteiger partial charge in [-0.1, -0.05) is 18.2 Å². The molecule has 0 aliphatic carbocycles. The van der Waals surface area contributed by atoms with Gasteiger partial charge < -0.3 is 15.0 Å². The lowest BCUT2D eigenvalue weighted by Crippen LogP contribution is -2.39. The molecule has 0 unspecified atom stereocenters. The number of ether oxygens (including phenoxy) is 1. The van der Waals surface area contributed by atoms with Gasteiger partial charge >= 0.3 is 0 Å². The fraction of sp³-hybridized carbons (Fsp3) is 0.222. The zero-order valence-electron chi connectivity index (χ0n) is 19.6. The third kappa shape index (κ3) is 5.68. The van der Waals surface area contributed by atoms with Gasteiger partial charge in [-0.15, -0.1) is 0 Å². The molecular formula is C27H25F2N3O3S. The van der Waals surface area contributed by atoms with Gasteiger partial charge in [-0.3, -0.25) is 14.5 Å². The molecule has 2 amide bonds. The van der Waals surface area contributed by atoms with Crippen molar-refractivity contribution < 1.29 is 23.1 Å². The smallest absolute Gasteiger partial charge is 0.256 e. The van der Waals surface area contributed by atoms with E-state index in [9.17, 15) is 18.4 Å². The normalized spacial score (nSPS) is 15.4. The van der Waals surface area contributed by atoms with Crippen molar-refractivity contribution in [3.05, 3.63) is 90.0 Å². The van der Waals surface area contributed by atoms with E-state index in [1.54, 1.807) is 47.4 Å². The van der Waals surface area contributed by atoms with Crippen molar-refractivity contribution >= 4 is 40.5 Å². The second kappa shape index (κ2) is 11.3. The minimum absolute atomic E-state index is 0.166. The molecule has 36 heavy (non-hydrogen) atoms. The van der Waals surface area contributed by atoms with Crippen LogP contribution in [0.1, 0.15) is 18.9 Å². The van der Waals surface area contributed by atoms with Gasteiger partial charge in [0, 0.05) is 12.2 Å². The maximum Gasteiger partial charge on any atom is 0.256 e. The van der Waals surface area contributed by atoms with Gasteiger partial charge in [-0.05, 0) is 85.7 Å². The minimum Gasteiger partial charge on any atom is -0.494 e. The molecule has 0 bridgehead atoms. The molecule has 0 radical (unpaired) electrons. The Morgan fingerprint density at radius 3 is 2.39 bits per heavy atom. The van der Waals surface area contributed by atoms with Crippen molar-refractivity contribution in [3.8, 4) is 5.75 Å². The predicted octanol–water partition coefficient (Wildman–Crippen LogP) is 4.94. The highest BCUT2D eigenvalue weighted by atomic mass is 32.1. The van der Waals surface area contributed by atoms with Crippen molar-refractivity contribution in [2.75, 3.05) is 23.4 Å². The van der Waals surface area contributed by atoms with Crippen LogP contribution >= 0.6 is 12.2 Å². The van der Waals surface area contributed by atoms with Crippen LogP contribution in [0.15, 0.2) is 72.8 Å². The number of carbonyl (C=O) groups is 2. The number of hydrogen-bond acceptors (Lipinski definition) is 4. The van der Waals surface area contributed by atoms with Crippen LogP contribution in [0.5, 0.6) is 5.75 Å². The molecule has 0 aromatic heterocycles. The first-order valence-corrected chi connectivity index (χ1v) is 11.9. The summed E-state index contributed by atoms with van der Waals surface area (Å²) in [5.74, 6) is -0.895. The van der Waals surface area contributed by atoms with E-state index < -0.39 is 17.8 Å². The number of nitrogens with one attached hydrogen (secondary N) is 1. The summed E-state index contributed by atoms with van der Waals surface area (Å²) in [5.41, 5.74) is 1.44. The molecule has 9 heteroatoms. The van der Waals surface area contributed by atoms with Crippen LogP contribution in [0.4, 0.5) is 20.2 Å². The third-order valence-electron chi connectivity index (χ3n) is 5.81. The van der Waals surface area contributed by atoms with Crippen LogP contribution in [-0.4, -0.2) is 41.0 Å². The lowest BCUT2D eigenvalue weighted by atomic mass is 10.1. The number of anilines is 2. The van der Waals surface area contributed by atoms with Gasteiger partial charge in [0.15, 0.2) is 5.11 Å². The van der Waals surface area contributed by atoms with Gasteiger partial charge in [0.25, 0.3) is 5.91 Å². The van der Waals surface area contributed by atoms with E-state index in [4.69, 9.17) is 17.0 Å². The first-order valence-electron chi connectivity index (χ1n) is 11.5. The highest BCUT2D eigenvalue weighted by Gasteiger charge is 2.44. The number of carbonyl (C=O) groups excluding carboxylic acids is 2. The fourth-order valence-electron chi connectivity index (χ4n) is 4.05. The molecule has 6 nitrogen and oxygen atoms in total. The van der Waals surface area contributed by atoms with Gasteiger partial charge in [0.2, 0.25) is 5.91 Å². The molecule has 1 aliphatic heterocycles. The molecule has 3 aromatic rings. The zero-order valence-corrected chi connectivity index (χ0v) is 20.4. The number of rotatable bonds is 9. The average Bonchev–Trinajstić information content (AvgIpc) is 3.09. The van der Waals surface area contributed by atoms with Gasteiger partial charge in [-0.25, -0.2) is 8.78 Å². The summed E-state index contributed by atoms with van der Waals surface area (Å²) in [6, 6.07) is 17.8. The Morgan fingerprint density at radius 1 is 1.03 bits per heavy atom. The molecular weight excluding hydrogens is 484 g/mol. The highest BCUT2D eigenvalue weighted by molar-refractivity contribution is 7.80. The molecule has 1 heterocycles. The van der Waals surface area contributed by atoms with E-state index in [2.05, 4.69) is 5.32 Å². The molecule has 4 rings (SSSR count). The van der Waals surface area contributed by atoms with E-state index in [1.165, 1.54) is 35.2 Å². The summed E-state index contributed by atoms with van der Waals surface area (Å²) in [6.45, 7) is 2.64. The van der Waals surface area contributed by atoms with Crippen molar-refractivity contribution in [2.45, 2.75) is 25.8 Å². The van der Waals surface area contributed by atoms with E-state index in [1.807, 2.05) is 6.92 Å². The Kier molecular flexibility index (Phi) is 7.90. The molecule has 1 fully saturated rings. The van der Waals surface area contributed by atoms with Crippen LogP contribution in [-0.2, 0) is 16.0 Å². The number of halogens is 2. The maximum atomic E-state index is 14.2. The molecule has 1 N–H and O–H groups in total. The van der Waals surface area contributed by atoms with Gasteiger partial charge in [-0.2, -0.15) is 0 Å². The summed E-state index contributed by atoms with van der Waals surface area (Å²) < 4.78 is 33.1. The van der Waals surface area contributed by atoms with E-state index >= 15 is 0 Å². The molecule has 1 aliphatic rings. The molecule has 0 spiro atoms. The van der Waals surface area contributed by atoms with Crippen LogP contribution in [0.2, 0.25) is 0 Å². The molecule has 0 saturated carbocycles. The van der Waals surface area contributed by atoms with E-state index in [-0.39, 0.29) is 36.2 Å². The molecule has 1 saturated heterocycles. The average molecular weight is 510 g/mol. The number of thiocarbonyl (C=S) groups is 1. The molecule has 186 valence electrons. The van der Waals surface area contributed by atoms with Gasteiger partial charge in [0.1, 0.15) is 23.4 Å². The number of amides is 2. The first kappa shape index (κ1) is 25.2. The second-order valence-electron chi connectivity index (χ2n) is 8.19. The summed E-state index contributed by atoms with van der Waals surface area (Å²) >= 11 is 5.60. The van der Waals surface area contributed by atoms with Crippen molar-refractivity contribution in [2.24, 2.45) is 0 Å². The monoisotopic (exact) mass is 509 g/mol. The van der Waals surface area contributed by atoms with Crippen LogP contribution in [0.25, 0.3) is 0 Å². The van der Waals surface area contributed by atoms with E-state index in [0.717, 1.165) is 0 Å². The second-order valence-corrected chi connectivity index (χ2v) is 8.56. The van der Waals surface area contributed by atoms with Crippen LogP contribution in [0.3, 0.4) is 0 Å². The number of hydrogen-bond donors (Lipinski definition) is 1. The molecule has 3 aromatic carbocycles. The Hall–Kier alpha value is -3.85. The Balaban J connectivity index is 1.53. The Bertz CT molecular complexity index is 1250. The fourth-order valence-corrected chi connectivity index (χ4v) is 4.46. The first-order chi connectivity index (χ1) is 17.4. The minimum atomic E-state index is -0.892. The lowest BCUT2D eigenvalue weighted by molar-refractivity contribution is -0.124. The van der Waals surface area contributed by atoms with Crippen LogP contribution < -0.4 is 15.0 Å². The highest BCUT2D eigenvalue weighted by Crippen LogP contribution is 2.28. The van der Waals surface area contributed by atoms with E-state index in [0.29, 0.717) is 29.3 Å². The summed E-state index contributed by atoms with van der Waals surface area (Å²) in [4.78, 5) is 29.3. The lowest BCUT2D eigenvalue weighted by Gasteiger charge is -2.24. The SMILES string of the molecule is CCOc1ccc(NC(=O)C[C@@H]2C(=O)N(c3ccc(F)cc3)C(=S)N2CCc2ccccc2F)cc1. The largest absolute Gasteiger partial charge is 0.494 e. The van der Waals surface area contributed by atoms with Gasteiger partial charge in [0.05, 0.1) is 18.7 Å². The topological polar surface area (TPSA) is 61.9 Å².